The van der Waals surface area contributed by atoms with Crippen molar-refractivity contribution in [1.82, 2.24) is 5.32 Å². The number of halogens is 2. The summed E-state index contributed by atoms with van der Waals surface area (Å²) in [5.41, 5.74) is 0.965. The van der Waals surface area contributed by atoms with Crippen molar-refractivity contribution < 1.29 is 4.39 Å². The molecule has 0 aliphatic heterocycles. The molecule has 3 heteroatoms. The Labute approximate surface area is 131 Å². The van der Waals surface area contributed by atoms with E-state index >= 15 is 0 Å². The SMILES string of the molecule is CCC(CC)(CNCC(C)C)Cc1ccc(Br)cc1F. The van der Waals surface area contributed by atoms with Crippen molar-refractivity contribution in [3.8, 4) is 0 Å². The van der Waals surface area contributed by atoms with Gasteiger partial charge in [-0.05, 0) is 54.8 Å². The minimum Gasteiger partial charge on any atom is -0.316 e. The van der Waals surface area contributed by atoms with Gasteiger partial charge in [-0.1, -0.05) is 49.7 Å². The summed E-state index contributed by atoms with van der Waals surface area (Å²) in [7, 11) is 0. The predicted molar refractivity (Wildman–Crippen MR) is 88.5 cm³/mol. The van der Waals surface area contributed by atoms with E-state index < -0.39 is 0 Å². The first-order valence-corrected chi connectivity index (χ1v) is 8.36. The number of rotatable bonds is 8. The quantitative estimate of drug-likeness (QED) is 0.685. The average Bonchev–Trinajstić information content (AvgIpc) is 2.40. The fraction of sp³-hybridized carbons (Fsp3) is 0.647. The van der Waals surface area contributed by atoms with E-state index in [2.05, 4.69) is 48.9 Å². The van der Waals surface area contributed by atoms with Crippen LogP contribution in [0.2, 0.25) is 0 Å². The maximum atomic E-state index is 14.1. The molecule has 1 aromatic carbocycles. The van der Waals surface area contributed by atoms with Crippen LogP contribution in [0.4, 0.5) is 4.39 Å². The van der Waals surface area contributed by atoms with Gasteiger partial charge in [-0.2, -0.15) is 0 Å². The van der Waals surface area contributed by atoms with Gasteiger partial charge in [0.15, 0.2) is 0 Å². The van der Waals surface area contributed by atoms with Gasteiger partial charge in [0.05, 0.1) is 0 Å². The molecular formula is C17H27BrFN. The molecule has 1 N–H and O–H groups in total. The lowest BCUT2D eigenvalue weighted by atomic mass is 9.76. The van der Waals surface area contributed by atoms with E-state index in [1.165, 1.54) is 0 Å². The molecule has 1 rings (SSSR count). The third-order valence-corrected chi connectivity index (χ3v) is 4.63. The van der Waals surface area contributed by atoms with Gasteiger partial charge >= 0.3 is 0 Å². The van der Waals surface area contributed by atoms with E-state index in [9.17, 15) is 4.39 Å². The predicted octanol–water partition coefficient (Wildman–Crippen LogP) is 5.18. The molecule has 0 spiro atoms. The van der Waals surface area contributed by atoms with Crippen molar-refractivity contribution in [1.29, 1.82) is 0 Å². The van der Waals surface area contributed by atoms with E-state index in [4.69, 9.17) is 0 Å². The van der Waals surface area contributed by atoms with Crippen LogP contribution < -0.4 is 5.32 Å². The zero-order valence-electron chi connectivity index (χ0n) is 13.1. The van der Waals surface area contributed by atoms with Crippen LogP contribution in [0.15, 0.2) is 22.7 Å². The second kappa shape index (κ2) is 8.14. The van der Waals surface area contributed by atoms with Crippen LogP contribution in [0, 0.1) is 17.2 Å². The number of hydrogen-bond donors (Lipinski definition) is 1. The zero-order valence-corrected chi connectivity index (χ0v) is 14.7. The molecule has 114 valence electrons. The minimum atomic E-state index is -0.102. The lowest BCUT2D eigenvalue weighted by Crippen LogP contribution is -2.37. The van der Waals surface area contributed by atoms with Crippen LogP contribution in [0.1, 0.15) is 46.1 Å². The average molecular weight is 344 g/mol. The lowest BCUT2D eigenvalue weighted by Gasteiger charge is -2.33. The second-order valence-electron chi connectivity index (χ2n) is 6.14. The van der Waals surface area contributed by atoms with Crippen LogP contribution >= 0.6 is 15.9 Å². The standard InChI is InChI=1S/C17H27BrFN/c1-5-17(6-2,12-20-11-13(3)4)10-14-7-8-15(18)9-16(14)19/h7-9,13,20H,5-6,10-12H2,1-4H3. The van der Waals surface area contributed by atoms with Gasteiger partial charge in [0.2, 0.25) is 0 Å². The van der Waals surface area contributed by atoms with E-state index in [1.54, 1.807) is 6.07 Å². The van der Waals surface area contributed by atoms with E-state index in [1.807, 2.05) is 12.1 Å². The summed E-state index contributed by atoms with van der Waals surface area (Å²) >= 11 is 3.32. The van der Waals surface area contributed by atoms with Crippen molar-refractivity contribution in [2.75, 3.05) is 13.1 Å². The van der Waals surface area contributed by atoms with Crippen molar-refractivity contribution in [3.63, 3.8) is 0 Å². The molecular weight excluding hydrogens is 317 g/mol. The van der Waals surface area contributed by atoms with Gasteiger partial charge in [-0.15, -0.1) is 0 Å². The van der Waals surface area contributed by atoms with E-state index in [-0.39, 0.29) is 11.2 Å². The van der Waals surface area contributed by atoms with E-state index in [0.717, 1.165) is 42.4 Å². The molecule has 0 amide bonds. The molecule has 0 radical (unpaired) electrons. The Morgan fingerprint density at radius 3 is 2.40 bits per heavy atom. The fourth-order valence-corrected chi connectivity index (χ4v) is 2.84. The minimum absolute atomic E-state index is 0.102. The number of hydrogen-bond acceptors (Lipinski definition) is 1. The summed E-state index contributed by atoms with van der Waals surface area (Å²) in [5.74, 6) is 0.542. The first-order valence-electron chi connectivity index (χ1n) is 7.57. The Kier molecular flexibility index (Phi) is 7.18. The van der Waals surface area contributed by atoms with Gasteiger partial charge < -0.3 is 5.32 Å². The summed E-state index contributed by atoms with van der Waals surface area (Å²) in [4.78, 5) is 0. The highest BCUT2D eigenvalue weighted by molar-refractivity contribution is 9.10. The van der Waals surface area contributed by atoms with Crippen LogP contribution in [-0.4, -0.2) is 13.1 Å². The van der Waals surface area contributed by atoms with E-state index in [0.29, 0.717) is 5.92 Å². The highest BCUT2D eigenvalue weighted by atomic mass is 79.9. The lowest BCUT2D eigenvalue weighted by molar-refractivity contribution is 0.240. The molecule has 0 saturated heterocycles. The number of benzene rings is 1. The fourth-order valence-electron chi connectivity index (χ4n) is 2.51. The zero-order chi connectivity index (χ0) is 15.2. The third-order valence-electron chi connectivity index (χ3n) is 4.13. The Hall–Kier alpha value is -0.410. The molecule has 1 aromatic rings. The molecule has 1 nitrogen and oxygen atoms in total. The highest BCUT2D eigenvalue weighted by Crippen LogP contribution is 2.32. The summed E-state index contributed by atoms with van der Waals surface area (Å²) < 4.78 is 14.9. The Morgan fingerprint density at radius 1 is 1.25 bits per heavy atom. The van der Waals surface area contributed by atoms with Gasteiger partial charge in [-0.25, -0.2) is 4.39 Å². The maximum Gasteiger partial charge on any atom is 0.127 e. The van der Waals surface area contributed by atoms with Crippen molar-refractivity contribution in [2.24, 2.45) is 11.3 Å². The topological polar surface area (TPSA) is 12.0 Å². The smallest absolute Gasteiger partial charge is 0.127 e. The molecule has 0 aromatic heterocycles. The summed E-state index contributed by atoms with van der Waals surface area (Å²) in [6.07, 6.45) is 2.92. The molecule has 0 fully saturated rings. The molecule has 0 aliphatic rings. The van der Waals surface area contributed by atoms with Crippen LogP contribution in [-0.2, 0) is 6.42 Å². The highest BCUT2D eigenvalue weighted by Gasteiger charge is 2.27. The first kappa shape index (κ1) is 17.6. The van der Waals surface area contributed by atoms with Crippen LogP contribution in [0.25, 0.3) is 0 Å². The van der Waals surface area contributed by atoms with Gasteiger partial charge in [0, 0.05) is 11.0 Å². The van der Waals surface area contributed by atoms with Crippen LogP contribution in [0.3, 0.4) is 0 Å². The van der Waals surface area contributed by atoms with Gasteiger partial charge in [-0.3, -0.25) is 0 Å². The van der Waals surface area contributed by atoms with Crippen LogP contribution in [0.5, 0.6) is 0 Å². The molecule has 0 atom stereocenters. The summed E-state index contributed by atoms with van der Waals surface area (Å²) in [6, 6.07) is 5.39. The molecule has 0 saturated carbocycles. The van der Waals surface area contributed by atoms with Crippen molar-refractivity contribution in [2.45, 2.75) is 47.0 Å². The van der Waals surface area contributed by atoms with Crippen molar-refractivity contribution >= 4 is 15.9 Å². The molecule has 20 heavy (non-hydrogen) atoms. The molecule has 0 heterocycles. The second-order valence-corrected chi connectivity index (χ2v) is 7.06. The Morgan fingerprint density at radius 2 is 1.90 bits per heavy atom. The van der Waals surface area contributed by atoms with Gasteiger partial charge in [0.1, 0.15) is 5.82 Å². The molecule has 0 aliphatic carbocycles. The largest absolute Gasteiger partial charge is 0.316 e. The number of nitrogens with one attached hydrogen (secondary N) is 1. The summed E-state index contributed by atoms with van der Waals surface area (Å²) in [6.45, 7) is 10.8. The summed E-state index contributed by atoms with van der Waals surface area (Å²) in [5, 5.41) is 3.55. The van der Waals surface area contributed by atoms with Crippen molar-refractivity contribution in [3.05, 3.63) is 34.1 Å². The monoisotopic (exact) mass is 343 g/mol. The maximum absolute atomic E-state index is 14.1. The Bertz CT molecular complexity index is 413. The normalized spacial score (nSPS) is 12.2. The third kappa shape index (κ3) is 5.17. The Balaban J connectivity index is 2.79. The van der Waals surface area contributed by atoms with Gasteiger partial charge in [0.25, 0.3) is 0 Å². The molecule has 0 bridgehead atoms. The first-order chi connectivity index (χ1) is 9.42. The molecule has 0 unspecified atom stereocenters.